The summed E-state index contributed by atoms with van der Waals surface area (Å²) >= 11 is 0. The fourth-order valence-electron chi connectivity index (χ4n) is 2.39. The van der Waals surface area contributed by atoms with Gasteiger partial charge in [0, 0.05) is 11.6 Å². The first kappa shape index (κ1) is 18.6. The maximum Gasteiger partial charge on any atom is 0.287 e. The number of carbonyl (C=O) groups excluding carboxylic acids is 2. The van der Waals surface area contributed by atoms with Crippen molar-refractivity contribution in [2.45, 2.75) is 32.9 Å². The van der Waals surface area contributed by atoms with E-state index < -0.39 is 35.5 Å². The molecular weight excluding hydrogens is 330 g/mol. The van der Waals surface area contributed by atoms with Crippen LogP contribution in [0.1, 0.15) is 42.9 Å². The molecule has 25 heavy (non-hydrogen) atoms. The van der Waals surface area contributed by atoms with Crippen LogP contribution in [0.2, 0.25) is 0 Å². The van der Waals surface area contributed by atoms with Gasteiger partial charge in [0.05, 0.1) is 12.3 Å². The first-order valence-electron chi connectivity index (χ1n) is 7.89. The van der Waals surface area contributed by atoms with E-state index in [9.17, 15) is 18.4 Å². The predicted molar refractivity (Wildman–Crippen MR) is 87.7 cm³/mol. The van der Waals surface area contributed by atoms with E-state index in [1.807, 2.05) is 0 Å². The zero-order valence-electron chi connectivity index (χ0n) is 14.2. The first-order valence-corrected chi connectivity index (χ1v) is 7.89. The predicted octanol–water partition coefficient (Wildman–Crippen LogP) is 3.19. The van der Waals surface area contributed by atoms with Gasteiger partial charge in [-0.1, -0.05) is 19.9 Å². The number of benzene rings is 1. The molecule has 1 heterocycles. The topological polar surface area (TPSA) is 71.3 Å². The molecule has 2 unspecified atom stereocenters. The lowest BCUT2D eigenvalue weighted by Crippen LogP contribution is -2.50. The number of hydrogen-bond donors (Lipinski definition) is 2. The van der Waals surface area contributed by atoms with Crippen LogP contribution in [0.25, 0.3) is 0 Å². The second-order valence-electron chi connectivity index (χ2n) is 6.07. The molecule has 0 spiro atoms. The van der Waals surface area contributed by atoms with Gasteiger partial charge in [-0.25, -0.2) is 8.78 Å². The van der Waals surface area contributed by atoms with E-state index in [1.165, 1.54) is 18.4 Å². The SMILES string of the molecule is CC(NC(=O)C(NC(=O)c1ccco1)C(C)C)c1ccc(F)cc1F. The molecular formula is C18H20F2N2O3. The van der Waals surface area contributed by atoms with Crippen molar-refractivity contribution >= 4 is 11.8 Å². The average Bonchev–Trinajstić information content (AvgIpc) is 3.06. The Labute approximate surface area is 144 Å². The van der Waals surface area contributed by atoms with Crippen molar-refractivity contribution in [3.05, 3.63) is 59.6 Å². The van der Waals surface area contributed by atoms with Crippen molar-refractivity contribution in [1.82, 2.24) is 10.6 Å². The smallest absolute Gasteiger partial charge is 0.287 e. The Morgan fingerprint density at radius 3 is 2.36 bits per heavy atom. The number of rotatable bonds is 6. The maximum atomic E-state index is 13.8. The van der Waals surface area contributed by atoms with Crippen LogP contribution in [0, 0.1) is 17.6 Å². The standard InChI is InChI=1S/C18H20F2N2O3/c1-10(2)16(22-17(23)15-5-4-8-25-15)18(24)21-11(3)13-7-6-12(19)9-14(13)20/h4-11,16H,1-3H3,(H,21,24)(H,22,23). The van der Waals surface area contributed by atoms with E-state index in [4.69, 9.17) is 4.42 Å². The Bertz CT molecular complexity index is 745. The largest absolute Gasteiger partial charge is 0.459 e. The second kappa shape index (κ2) is 7.92. The van der Waals surface area contributed by atoms with E-state index in [2.05, 4.69) is 10.6 Å². The van der Waals surface area contributed by atoms with Crippen LogP contribution in [0.15, 0.2) is 41.0 Å². The van der Waals surface area contributed by atoms with Gasteiger partial charge in [-0.3, -0.25) is 9.59 Å². The fourth-order valence-corrected chi connectivity index (χ4v) is 2.39. The number of nitrogens with one attached hydrogen (secondary N) is 2. The molecule has 1 aromatic heterocycles. The van der Waals surface area contributed by atoms with Gasteiger partial charge in [-0.05, 0) is 31.0 Å². The summed E-state index contributed by atoms with van der Waals surface area (Å²) in [6, 6.07) is 4.70. The van der Waals surface area contributed by atoms with Crippen LogP contribution < -0.4 is 10.6 Å². The summed E-state index contributed by atoms with van der Waals surface area (Å²) in [6.45, 7) is 5.13. The number of carbonyl (C=O) groups is 2. The third-order valence-corrected chi connectivity index (χ3v) is 3.77. The molecule has 134 valence electrons. The molecule has 0 saturated heterocycles. The molecule has 1 aromatic carbocycles. The van der Waals surface area contributed by atoms with Crippen molar-refractivity contribution in [3.8, 4) is 0 Å². The minimum atomic E-state index is -0.830. The van der Waals surface area contributed by atoms with Gasteiger partial charge in [-0.2, -0.15) is 0 Å². The molecule has 0 aliphatic rings. The monoisotopic (exact) mass is 350 g/mol. The molecule has 2 amide bonds. The van der Waals surface area contributed by atoms with Gasteiger partial charge >= 0.3 is 0 Å². The minimum Gasteiger partial charge on any atom is -0.459 e. The van der Waals surface area contributed by atoms with Crippen molar-refractivity contribution in [2.75, 3.05) is 0 Å². The Kier molecular flexibility index (Phi) is 5.90. The summed E-state index contributed by atoms with van der Waals surface area (Å²) in [5, 5.41) is 5.24. The highest BCUT2D eigenvalue weighted by Gasteiger charge is 2.27. The summed E-state index contributed by atoms with van der Waals surface area (Å²) < 4.78 is 31.8. The fraction of sp³-hybridized carbons (Fsp3) is 0.333. The number of amides is 2. The normalized spacial score (nSPS) is 13.4. The second-order valence-corrected chi connectivity index (χ2v) is 6.07. The summed E-state index contributed by atoms with van der Waals surface area (Å²) in [5.74, 6) is -2.52. The molecule has 2 atom stereocenters. The highest BCUT2D eigenvalue weighted by atomic mass is 19.1. The van der Waals surface area contributed by atoms with Gasteiger partial charge in [0.15, 0.2) is 5.76 Å². The number of furan rings is 1. The number of halogens is 2. The average molecular weight is 350 g/mol. The van der Waals surface area contributed by atoms with Crippen LogP contribution >= 0.6 is 0 Å². The van der Waals surface area contributed by atoms with Crippen molar-refractivity contribution in [2.24, 2.45) is 5.92 Å². The van der Waals surface area contributed by atoms with Crippen LogP contribution in [-0.4, -0.2) is 17.9 Å². The number of hydrogen-bond acceptors (Lipinski definition) is 3. The summed E-state index contributed by atoms with van der Waals surface area (Å²) in [6.07, 6.45) is 1.36. The molecule has 2 rings (SSSR count). The lowest BCUT2D eigenvalue weighted by molar-refractivity contribution is -0.124. The Hall–Kier alpha value is -2.70. The summed E-state index contributed by atoms with van der Waals surface area (Å²) in [5.41, 5.74) is 0.162. The van der Waals surface area contributed by atoms with Gasteiger partial charge in [0.25, 0.3) is 5.91 Å². The zero-order chi connectivity index (χ0) is 18.6. The zero-order valence-corrected chi connectivity index (χ0v) is 14.2. The molecule has 0 bridgehead atoms. The maximum absolute atomic E-state index is 13.8. The molecule has 7 heteroatoms. The molecule has 0 fully saturated rings. The molecule has 2 N–H and O–H groups in total. The molecule has 0 aliphatic heterocycles. The minimum absolute atomic E-state index is 0.0936. The highest BCUT2D eigenvalue weighted by Crippen LogP contribution is 2.18. The van der Waals surface area contributed by atoms with Crippen LogP contribution in [0.5, 0.6) is 0 Å². The molecule has 2 aromatic rings. The van der Waals surface area contributed by atoms with Gasteiger partial charge < -0.3 is 15.1 Å². The summed E-state index contributed by atoms with van der Waals surface area (Å²) in [7, 11) is 0. The van der Waals surface area contributed by atoms with E-state index in [0.717, 1.165) is 12.1 Å². The van der Waals surface area contributed by atoms with Crippen LogP contribution in [0.4, 0.5) is 8.78 Å². The van der Waals surface area contributed by atoms with Gasteiger partial charge in [0.2, 0.25) is 5.91 Å². The third-order valence-electron chi connectivity index (χ3n) is 3.77. The van der Waals surface area contributed by atoms with E-state index >= 15 is 0 Å². The quantitative estimate of drug-likeness (QED) is 0.840. The summed E-state index contributed by atoms with van der Waals surface area (Å²) in [4.78, 5) is 24.6. The van der Waals surface area contributed by atoms with E-state index in [-0.39, 0.29) is 17.2 Å². The van der Waals surface area contributed by atoms with Crippen LogP contribution in [-0.2, 0) is 4.79 Å². The highest BCUT2D eigenvalue weighted by molar-refractivity contribution is 5.95. The van der Waals surface area contributed by atoms with Crippen LogP contribution in [0.3, 0.4) is 0 Å². The molecule has 5 nitrogen and oxygen atoms in total. The molecule has 0 aliphatic carbocycles. The molecule has 0 radical (unpaired) electrons. The van der Waals surface area contributed by atoms with E-state index in [1.54, 1.807) is 26.8 Å². The lowest BCUT2D eigenvalue weighted by Gasteiger charge is -2.24. The van der Waals surface area contributed by atoms with E-state index in [0.29, 0.717) is 0 Å². The lowest BCUT2D eigenvalue weighted by atomic mass is 10.0. The Morgan fingerprint density at radius 2 is 1.80 bits per heavy atom. The third kappa shape index (κ3) is 4.65. The van der Waals surface area contributed by atoms with Gasteiger partial charge in [0.1, 0.15) is 17.7 Å². The first-order chi connectivity index (χ1) is 11.8. The Morgan fingerprint density at radius 1 is 1.08 bits per heavy atom. The Balaban J connectivity index is 2.08. The molecule has 0 saturated carbocycles. The van der Waals surface area contributed by atoms with Gasteiger partial charge in [-0.15, -0.1) is 0 Å². The van der Waals surface area contributed by atoms with Crippen molar-refractivity contribution < 1.29 is 22.8 Å². The van der Waals surface area contributed by atoms with Crippen molar-refractivity contribution in [1.29, 1.82) is 0 Å². The van der Waals surface area contributed by atoms with Crippen molar-refractivity contribution in [3.63, 3.8) is 0 Å².